The van der Waals surface area contributed by atoms with E-state index in [1.165, 1.54) is 0 Å². The van der Waals surface area contributed by atoms with Crippen molar-refractivity contribution < 1.29 is 19.2 Å². The fourth-order valence-corrected chi connectivity index (χ4v) is 4.36. The summed E-state index contributed by atoms with van der Waals surface area (Å²) in [4.78, 5) is 15.9. The zero-order chi connectivity index (χ0) is 22.0. The lowest BCUT2D eigenvalue weighted by Crippen LogP contribution is -2.19. The predicted octanol–water partition coefficient (Wildman–Crippen LogP) is 5.89. The monoisotopic (exact) mass is 440 g/mol. The molecule has 6 nitrogen and oxygen atoms in total. The molecule has 0 unspecified atom stereocenters. The molecule has 31 heavy (non-hydrogen) atoms. The van der Waals surface area contributed by atoms with Gasteiger partial charge in [0, 0.05) is 11.1 Å². The summed E-state index contributed by atoms with van der Waals surface area (Å²) in [6.07, 6.45) is 3.54. The van der Waals surface area contributed by atoms with Gasteiger partial charge in [0.05, 0.1) is 17.0 Å². The molecule has 1 saturated carbocycles. The van der Waals surface area contributed by atoms with Gasteiger partial charge in [-0.05, 0) is 74.9 Å². The Hall–Kier alpha value is -2.86. The highest BCUT2D eigenvalue weighted by molar-refractivity contribution is 6.32. The standard InChI is InChI=1S/C24H25ClN2O4/c1-14(2)30-21-11-10-18(13-20(21)25)22-26-23(31-27-22)16-8-6-15(7-9-16)12-17-4-3-5-19(17)24(28)29/h6-11,13-14,17,19H,3-5,12H2,1-2H3,(H,28,29)/t17-,19-/m1/s1. The zero-order valence-electron chi connectivity index (χ0n) is 17.5. The lowest BCUT2D eigenvalue weighted by Gasteiger charge is -2.15. The number of aliphatic carboxylic acids is 1. The average Bonchev–Trinajstić information content (AvgIpc) is 3.40. The molecule has 0 spiro atoms. The van der Waals surface area contributed by atoms with E-state index < -0.39 is 5.97 Å². The van der Waals surface area contributed by atoms with Gasteiger partial charge in [-0.1, -0.05) is 35.3 Å². The Labute approximate surface area is 186 Å². The number of benzene rings is 2. The first-order valence-corrected chi connectivity index (χ1v) is 10.9. The number of carboxylic acids is 1. The molecule has 1 aromatic heterocycles. The van der Waals surface area contributed by atoms with Crippen molar-refractivity contribution in [2.45, 2.75) is 45.6 Å². The van der Waals surface area contributed by atoms with Crippen molar-refractivity contribution in [1.29, 1.82) is 0 Å². The number of aromatic nitrogens is 2. The molecule has 1 fully saturated rings. The van der Waals surface area contributed by atoms with Crippen molar-refractivity contribution in [3.05, 3.63) is 53.1 Å². The minimum atomic E-state index is -0.679. The molecule has 3 aromatic rings. The van der Waals surface area contributed by atoms with Crippen LogP contribution in [0.4, 0.5) is 0 Å². The van der Waals surface area contributed by atoms with Crippen molar-refractivity contribution in [2.75, 3.05) is 0 Å². The Morgan fingerprint density at radius 1 is 1.19 bits per heavy atom. The molecule has 0 bridgehead atoms. The second kappa shape index (κ2) is 9.10. The molecule has 2 aromatic carbocycles. The lowest BCUT2D eigenvalue weighted by atomic mass is 9.89. The third-order valence-corrected chi connectivity index (χ3v) is 5.95. The van der Waals surface area contributed by atoms with Crippen LogP contribution in [0.5, 0.6) is 5.75 Å². The zero-order valence-corrected chi connectivity index (χ0v) is 18.3. The van der Waals surface area contributed by atoms with Crippen LogP contribution >= 0.6 is 11.6 Å². The third kappa shape index (κ3) is 4.90. The van der Waals surface area contributed by atoms with Crippen LogP contribution in [-0.2, 0) is 11.2 Å². The van der Waals surface area contributed by atoms with E-state index in [9.17, 15) is 9.90 Å². The van der Waals surface area contributed by atoms with Gasteiger partial charge in [0.15, 0.2) is 0 Å². The number of nitrogens with zero attached hydrogens (tertiary/aromatic N) is 2. The SMILES string of the molecule is CC(C)Oc1ccc(-c2noc(-c3ccc(C[C@H]4CCC[C@H]4C(=O)O)cc3)n2)cc1Cl. The summed E-state index contributed by atoms with van der Waals surface area (Å²) in [6.45, 7) is 3.89. The van der Waals surface area contributed by atoms with Crippen molar-refractivity contribution in [3.8, 4) is 28.6 Å². The highest BCUT2D eigenvalue weighted by Crippen LogP contribution is 2.35. The number of hydrogen-bond acceptors (Lipinski definition) is 5. The van der Waals surface area contributed by atoms with Crippen LogP contribution in [-0.4, -0.2) is 27.3 Å². The van der Waals surface area contributed by atoms with Gasteiger partial charge in [0.2, 0.25) is 5.82 Å². The van der Waals surface area contributed by atoms with Crippen LogP contribution in [0, 0.1) is 11.8 Å². The maximum absolute atomic E-state index is 11.4. The number of halogens is 1. The van der Waals surface area contributed by atoms with E-state index in [-0.39, 0.29) is 17.9 Å². The molecule has 0 radical (unpaired) electrons. The fourth-order valence-electron chi connectivity index (χ4n) is 4.14. The van der Waals surface area contributed by atoms with Gasteiger partial charge >= 0.3 is 5.97 Å². The molecule has 0 saturated heterocycles. The van der Waals surface area contributed by atoms with Gasteiger partial charge in [-0.2, -0.15) is 4.98 Å². The summed E-state index contributed by atoms with van der Waals surface area (Å²) in [5.41, 5.74) is 2.68. The summed E-state index contributed by atoms with van der Waals surface area (Å²) in [6, 6.07) is 13.3. The Morgan fingerprint density at radius 3 is 2.61 bits per heavy atom. The Bertz CT molecular complexity index is 1060. The number of carboxylic acid groups (broad SMARTS) is 1. The largest absolute Gasteiger partial charge is 0.489 e. The normalized spacial score (nSPS) is 18.5. The highest BCUT2D eigenvalue weighted by Gasteiger charge is 2.32. The smallest absolute Gasteiger partial charge is 0.306 e. The summed E-state index contributed by atoms with van der Waals surface area (Å²) in [5, 5.41) is 14.0. The molecule has 1 aliphatic carbocycles. The quantitative estimate of drug-likeness (QED) is 0.493. The van der Waals surface area contributed by atoms with Crippen molar-refractivity contribution in [3.63, 3.8) is 0 Å². The van der Waals surface area contributed by atoms with Crippen LogP contribution in [0.2, 0.25) is 5.02 Å². The van der Waals surface area contributed by atoms with Gasteiger partial charge in [0.25, 0.3) is 5.89 Å². The van der Waals surface area contributed by atoms with Crippen LogP contribution < -0.4 is 4.74 Å². The topological polar surface area (TPSA) is 85.5 Å². The summed E-state index contributed by atoms with van der Waals surface area (Å²) >= 11 is 6.32. The van der Waals surface area contributed by atoms with Gasteiger partial charge in [-0.25, -0.2) is 0 Å². The van der Waals surface area contributed by atoms with Crippen LogP contribution in [0.3, 0.4) is 0 Å². The Balaban J connectivity index is 1.47. The van der Waals surface area contributed by atoms with Crippen molar-refractivity contribution in [1.82, 2.24) is 10.1 Å². The van der Waals surface area contributed by atoms with Crippen LogP contribution in [0.15, 0.2) is 47.0 Å². The van der Waals surface area contributed by atoms with E-state index in [1.807, 2.05) is 44.2 Å². The van der Waals surface area contributed by atoms with Crippen molar-refractivity contribution >= 4 is 17.6 Å². The average molecular weight is 441 g/mol. The van der Waals surface area contributed by atoms with E-state index in [2.05, 4.69) is 10.1 Å². The van der Waals surface area contributed by atoms with E-state index in [0.717, 1.165) is 42.4 Å². The Morgan fingerprint density at radius 2 is 1.94 bits per heavy atom. The van der Waals surface area contributed by atoms with Gasteiger partial charge in [-0.15, -0.1) is 0 Å². The molecule has 162 valence electrons. The maximum Gasteiger partial charge on any atom is 0.306 e. The maximum atomic E-state index is 11.4. The number of ether oxygens (including phenoxy) is 1. The molecular formula is C24H25ClN2O4. The molecule has 1 N–H and O–H groups in total. The molecule has 2 atom stereocenters. The molecular weight excluding hydrogens is 416 g/mol. The molecule has 0 aliphatic heterocycles. The van der Waals surface area contributed by atoms with Crippen LogP contribution in [0.25, 0.3) is 22.8 Å². The molecule has 0 amide bonds. The van der Waals surface area contributed by atoms with Gasteiger partial charge in [-0.3, -0.25) is 4.79 Å². The first-order chi connectivity index (χ1) is 14.9. The minimum absolute atomic E-state index is 0.0341. The third-order valence-electron chi connectivity index (χ3n) is 5.65. The van der Waals surface area contributed by atoms with Gasteiger partial charge < -0.3 is 14.4 Å². The summed E-state index contributed by atoms with van der Waals surface area (Å²) in [7, 11) is 0. The fraction of sp³-hybridized carbons (Fsp3) is 0.375. The first kappa shape index (κ1) is 21.4. The second-order valence-corrected chi connectivity index (χ2v) is 8.68. The van der Waals surface area contributed by atoms with E-state index >= 15 is 0 Å². The number of carbonyl (C=O) groups is 1. The Kier molecular flexibility index (Phi) is 6.28. The van der Waals surface area contributed by atoms with E-state index in [4.69, 9.17) is 20.9 Å². The summed E-state index contributed by atoms with van der Waals surface area (Å²) < 4.78 is 11.1. The van der Waals surface area contributed by atoms with E-state index in [1.54, 1.807) is 12.1 Å². The molecule has 7 heteroatoms. The first-order valence-electron chi connectivity index (χ1n) is 10.5. The lowest BCUT2D eigenvalue weighted by molar-refractivity contribution is -0.142. The molecule has 1 heterocycles. The number of hydrogen-bond donors (Lipinski definition) is 1. The number of rotatable bonds is 7. The summed E-state index contributed by atoms with van der Waals surface area (Å²) in [5.74, 6) is 0.776. The highest BCUT2D eigenvalue weighted by atomic mass is 35.5. The van der Waals surface area contributed by atoms with Gasteiger partial charge in [0.1, 0.15) is 5.75 Å². The minimum Gasteiger partial charge on any atom is -0.489 e. The predicted molar refractivity (Wildman–Crippen MR) is 118 cm³/mol. The van der Waals surface area contributed by atoms with E-state index in [0.29, 0.717) is 22.5 Å². The molecule has 1 aliphatic rings. The van der Waals surface area contributed by atoms with Crippen LogP contribution in [0.1, 0.15) is 38.7 Å². The second-order valence-electron chi connectivity index (χ2n) is 8.27. The molecule has 4 rings (SSSR count). The van der Waals surface area contributed by atoms with Crippen molar-refractivity contribution in [2.24, 2.45) is 11.8 Å².